The third-order valence-corrected chi connectivity index (χ3v) is 7.31. The minimum Gasteiger partial charge on any atom is -0.493 e. The third kappa shape index (κ3) is 6.26. The SMILES string of the molecule is COc1cc(/C=N\NC(=O)c2cccc([N+](=O)[O-])c2)c(Br)c(Br)c1OCc1ccc(Cl)c(Cl)c1. The van der Waals surface area contributed by atoms with Crippen LogP contribution in [0.4, 0.5) is 5.69 Å². The number of ether oxygens (including phenoxy) is 2. The van der Waals surface area contributed by atoms with Gasteiger partial charge in [0, 0.05) is 27.7 Å². The summed E-state index contributed by atoms with van der Waals surface area (Å²) in [4.78, 5) is 22.6. The van der Waals surface area contributed by atoms with Gasteiger partial charge in [-0.05, 0) is 61.7 Å². The molecular weight excluding hydrogens is 617 g/mol. The van der Waals surface area contributed by atoms with E-state index in [1.807, 2.05) is 0 Å². The number of amides is 1. The average Bonchev–Trinajstić information content (AvgIpc) is 2.83. The van der Waals surface area contributed by atoms with Crippen LogP contribution in [0, 0.1) is 10.1 Å². The highest BCUT2D eigenvalue weighted by atomic mass is 79.9. The molecule has 0 fully saturated rings. The highest BCUT2D eigenvalue weighted by Crippen LogP contribution is 2.42. The minimum atomic E-state index is -0.594. The van der Waals surface area contributed by atoms with Gasteiger partial charge in [-0.2, -0.15) is 5.10 Å². The Bertz CT molecular complexity index is 1290. The number of rotatable bonds is 8. The van der Waals surface area contributed by atoms with Crippen LogP contribution in [-0.4, -0.2) is 24.2 Å². The fourth-order valence-electron chi connectivity index (χ4n) is 2.76. The Morgan fingerprint density at radius 1 is 1.15 bits per heavy atom. The minimum absolute atomic E-state index is 0.107. The Morgan fingerprint density at radius 2 is 1.91 bits per heavy atom. The Labute approximate surface area is 221 Å². The maximum Gasteiger partial charge on any atom is 0.271 e. The number of hydrazone groups is 1. The first kappa shape index (κ1) is 26.0. The number of nitro groups is 1. The molecule has 0 heterocycles. The Balaban J connectivity index is 1.76. The topological polar surface area (TPSA) is 103 Å². The zero-order valence-corrected chi connectivity index (χ0v) is 22.0. The summed E-state index contributed by atoms with van der Waals surface area (Å²) in [5.74, 6) is 0.267. The Kier molecular flexibility index (Phi) is 8.90. The van der Waals surface area contributed by atoms with Crippen LogP contribution in [0.2, 0.25) is 10.0 Å². The number of methoxy groups -OCH3 is 1. The first-order valence-electron chi connectivity index (χ1n) is 9.41. The number of carbonyl (C=O) groups excluding carboxylic acids is 1. The van der Waals surface area contributed by atoms with Crippen LogP contribution >= 0.6 is 55.1 Å². The van der Waals surface area contributed by atoms with Crippen molar-refractivity contribution < 1.29 is 19.2 Å². The number of benzene rings is 3. The zero-order valence-electron chi connectivity index (χ0n) is 17.4. The summed E-state index contributed by atoms with van der Waals surface area (Å²) in [7, 11) is 1.49. The molecule has 0 bridgehead atoms. The third-order valence-electron chi connectivity index (χ3n) is 4.43. The van der Waals surface area contributed by atoms with Gasteiger partial charge in [0.25, 0.3) is 11.6 Å². The molecule has 0 aliphatic heterocycles. The van der Waals surface area contributed by atoms with E-state index < -0.39 is 10.8 Å². The molecule has 0 aromatic heterocycles. The van der Waals surface area contributed by atoms with Crippen molar-refractivity contribution in [3.05, 3.63) is 94.3 Å². The van der Waals surface area contributed by atoms with E-state index in [-0.39, 0.29) is 17.9 Å². The van der Waals surface area contributed by atoms with Crippen LogP contribution in [0.5, 0.6) is 11.5 Å². The molecule has 0 saturated carbocycles. The second kappa shape index (κ2) is 11.7. The van der Waals surface area contributed by atoms with Gasteiger partial charge in [0.2, 0.25) is 0 Å². The molecule has 8 nitrogen and oxygen atoms in total. The van der Waals surface area contributed by atoms with E-state index >= 15 is 0 Å². The number of nitrogens with one attached hydrogen (secondary N) is 1. The first-order valence-corrected chi connectivity index (χ1v) is 11.8. The number of nitrogens with zero attached hydrogens (tertiary/aromatic N) is 2. The van der Waals surface area contributed by atoms with E-state index in [0.717, 1.165) is 5.56 Å². The fourth-order valence-corrected chi connectivity index (χ4v) is 4.01. The summed E-state index contributed by atoms with van der Waals surface area (Å²) in [6.07, 6.45) is 1.40. The molecule has 0 aliphatic carbocycles. The molecule has 12 heteroatoms. The van der Waals surface area contributed by atoms with Gasteiger partial charge in [0.05, 0.1) is 32.8 Å². The van der Waals surface area contributed by atoms with Gasteiger partial charge in [-0.3, -0.25) is 14.9 Å². The monoisotopic (exact) mass is 629 g/mol. The van der Waals surface area contributed by atoms with E-state index in [0.29, 0.717) is 36.1 Å². The van der Waals surface area contributed by atoms with Crippen molar-refractivity contribution in [1.29, 1.82) is 0 Å². The lowest BCUT2D eigenvalue weighted by molar-refractivity contribution is -0.384. The van der Waals surface area contributed by atoms with Gasteiger partial charge in [0.1, 0.15) is 6.61 Å². The van der Waals surface area contributed by atoms with Gasteiger partial charge in [-0.1, -0.05) is 35.3 Å². The van der Waals surface area contributed by atoms with Crippen molar-refractivity contribution in [2.45, 2.75) is 6.61 Å². The zero-order chi connectivity index (χ0) is 24.8. The Morgan fingerprint density at radius 3 is 2.59 bits per heavy atom. The highest BCUT2D eigenvalue weighted by Gasteiger charge is 2.17. The lowest BCUT2D eigenvalue weighted by atomic mass is 10.2. The maximum absolute atomic E-state index is 12.3. The molecule has 0 radical (unpaired) electrons. The number of hydrogen-bond donors (Lipinski definition) is 1. The molecule has 0 spiro atoms. The van der Waals surface area contributed by atoms with E-state index in [2.05, 4.69) is 42.4 Å². The fraction of sp³-hybridized carbons (Fsp3) is 0.0909. The Hall–Kier alpha value is -2.66. The van der Waals surface area contributed by atoms with Gasteiger partial charge in [-0.15, -0.1) is 0 Å². The van der Waals surface area contributed by atoms with Crippen LogP contribution in [0.25, 0.3) is 0 Å². The van der Waals surface area contributed by atoms with Crippen molar-refractivity contribution in [1.82, 2.24) is 5.43 Å². The van der Waals surface area contributed by atoms with E-state index in [1.54, 1.807) is 24.3 Å². The summed E-state index contributed by atoms with van der Waals surface area (Å²) in [5, 5.41) is 15.7. The van der Waals surface area contributed by atoms with Crippen molar-refractivity contribution >= 4 is 72.9 Å². The largest absolute Gasteiger partial charge is 0.493 e. The first-order chi connectivity index (χ1) is 16.2. The molecule has 1 N–H and O–H groups in total. The molecule has 0 aliphatic rings. The maximum atomic E-state index is 12.3. The van der Waals surface area contributed by atoms with Crippen LogP contribution in [0.15, 0.2) is 62.6 Å². The molecule has 3 rings (SSSR count). The van der Waals surface area contributed by atoms with Gasteiger partial charge >= 0.3 is 0 Å². The summed E-state index contributed by atoms with van der Waals surface area (Å²) in [5.41, 5.74) is 3.65. The number of non-ortho nitro benzene ring substituents is 1. The number of hydrogen-bond acceptors (Lipinski definition) is 6. The molecule has 0 saturated heterocycles. The average molecular weight is 632 g/mol. The van der Waals surface area contributed by atoms with Crippen molar-refractivity contribution in [2.75, 3.05) is 7.11 Å². The summed E-state index contributed by atoms with van der Waals surface area (Å²) in [6, 6.07) is 12.2. The molecule has 3 aromatic carbocycles. The summed E-state index contributed by atoms with van der Waals surface area (Å²) < 4.78 is 12.6. The normalized spacial score (nSPS) is 10.9. The molecule has 0 unspecified atom stereocenters. The van der Waals surface area contributed by atoms with Gasteiger partial charge in [0.15, 0.2) is 11.5 Å². The van der Waals surface area contributed by atoms with E-state index in [9.17, 15) is 14.9 Å². The lowest BCUT2D eigenvalue weighted by Crippen LogP contribution is -2.17. The standard InChI is InChI=1S/C22H15Br2Cl2N3O5/c1-33-18-9-14(10-27-28-22(30)13-3-2-4-15(8-13)29(31)32)19(23)20(24)21(18)34-11-12-5-6-16(25)17(26)7-12/h2-10H,11H2,1H3,(H,28,30)/b27-10-. The predicted molar refractivity (Wildman–Crippen MR) is 137 cm³/mol. The van der Waals surface area contributed by atoms with Crippen molar-refractivity contribution in [3.63, 3.8) is 0 Å². The number of carbonyl (C=O) groups is 1. The van der Waals surface area contributed by atoms with Crippen LogP contribution < -0.4 is 14.9 Å². The molecule has 1 amide bonds. The number of nitro benzene ring substituents is 1. The molecule has 34 heavy (non-hydrogen) atoms. The van der Waals surface area contributed by atoms with Gasteiger partial charge in [-0.25, -0.2) is 5.43 Å². The van der Waals surface area contributed by atoms with Crippen molar-refractivity contribution in [2.24, 2.45) is 5.10 Å². The van der Waals surface area contributed by atoms with E-state index in [4.69, 9.17) is 32.7 Å². The summed E-state index contributed by atoms with van der Waals surface area (Å²) in [6.45, 7) is 0.213. The lowest BCUT2D eigenvalue weighted by Gasteiger charge is -2.15. The van der Waals surface area contributed by atoms with Crippen molar-refractivity contribution in [3.8, 4) is 11.5 Å². The second-order valence-corrected chi connectivity index (χ2v) is 9.07. The number of halogens is 4. The molecular formula is C22H15Br2Cl2N3O5. The van der Waals surface area contributed by atoms with Crippen LogP contribution in [0.3, 0.4) is 0 Å². The smallest absolute Gasteiger partial charge is 0.271 e. The van der Waals surface area contributed by atoms with Crippen LogP contribution in [0.1, 0.15) is 21.5 Å². The van der Waals surface area contributed by atoms with E-state index in [1.165, 1.54) is 37.6 Å². The van der Waals surface area contributed by atoms with Gasteiger partial charge < -0.3 is 9.47 Å². The highest BCUT2D eigenvalue weighted by molar-refractivity contribution is 9.13. The summed E-state index contributed by atoms with van der Waals surface area (Å²) >= 11 is 19.0. The quantitative estimate of drug-likeness (QED) is 0.168. The predicted octanol–water partition coefficient (Wildman–Crippen LogP) is 6.78. The molecule has 0 atom stereocenters. The molecule has 176 valence electrons. The molecule has 3 aromatic rings. The second-order valence-electron chi connectivity index (χ2n) is 6.67. The van der Waals surface area contributed by atoms with Crippen LogP contribution in [-0.2, 0) is 6.61 Å².